The van der Waals surface area contributed by atoms with E-state index in [1.165, 1.54) is 6.20 Å². The largest absolute Gasteiger partial charge is 0.481 e. The summed E-state index contributed by atoms with van der Waals surface area (Å²) in [7, 11) is 0. The summed E-state index contributed by atoms with van der Waals surface area (Å²) in [5, 5.41) is 17.7. The van der Waals surface area contributed by atoms with Gasteiger partial charge in [0, 0.05) is 56.2 Å². The molecule has 2 aromatic carbocycles. The van der Waals surface area contributed by atoms with Crippen LogP contribution in [0.4, 0.5) is 16.2 Å². The minimum Gasteiger partial charge on any atom is -0.481 e. The highest BCUT2D eigenvalue weighted by Crippen LogP contribution is 2.29. The molecule has 40 heavy (non-hydrogen) atoms. The molecule has 1 fully saturated rings. The number of carbonyl (C=O) groups excluding carboxylic acids is 3. The first-order chi connectivity index (χ1) is 19.4. The van der Waals surface area contributed by atoms with Gasteiger partial charge in [0.25, 0.3) is 11.8 Å². The molecule has 0 spiro atoms. The first-order valence-electron chi connectivity index (χ1n) is 13.1. The number of piperazine rings is 1. The van der Waals surface area contributed by atoms with Gasteiger partial charge >= 0.3 is 12.0 Å². The number of hydrogen-bond acceptors (Lipinski definition) is 6. The average molecular weight is 545 g/mol. The van der Waals surface area contributed by atoms with Gasteiger partial charge in [0.1, 0.15) is 0 Å². The Hall–Kier alpha value is -4.93. The molecule has 11 heteroatoms. The second kappa shape index (κ2) is 13.2. The fourth-order valence-corrected chi connectivity index (χ4v) is 4.54. The van der Waals surface area contributed by atoms with Gasteiger partial charge in [-0.3, -0.25) is 19.4 Å². The lowest BCUT2D eigenvalue weighted by molar-refractivity contribution is -0.137. The number of nitrogens with one attached hydrogen (secondary N) is 3. The molecule has 4 rings (SSSR count). The maximum Gasteiger partial charge on any atom is 0.319 e. The third kappa shape index (κ3) is 7.13. The van der Waals surface area contributed by atoms with Gasteiger partial charge in [-0.15, -0.1) is 0 Å². The molecule has 2 heterocycles. The van der Waals surface area contributed by atoms with Gasteiger partial charge in [-0.2, -0.15) is 0 Å². The van der Waals surface area contributed by atoms with Crippen LogP contribution in [0.15, 0.2) is 73.1 Å². The SMILES string of the molecule is CCNC(=O)Nc1cc(C(=O)NC(CC(=O)O)c2cccnc2)ccc1N1CCN(C(=O)c2ccccc2)CC1. The normalized spacial score (nSPS) is 13.7. The summed E-state index contributed by atoms with van der Waals surface area (Å²) in [6.45, 7) is 4.29. The number of aliphatic carboxylic acids is 1. The molecular weight excluding hydrogens is 512 g/mol. The second-order valence-corrected chi connectivity index (χ2v) is 9.27. The first-order valence-corrected chi connectivity index (χ1v) is 13.1. The van der Waals surface area contributed by atoms with Crippen LogP contribution in [0.3, 0.4) is 0 Å². The van der Waals surface area contributed by atoms with Crippen LogP contribution in [-0.2, 0) is 4.79 Å². The van der Waals surface area contributed by atoms with Gasteiger partial charge in [-0.05, 0) is 48.9 Å². The molecule has 11 nitrogen and oxygen atoms in total. The molecule has 1 aliphatic heterocycles. The molecule has 0 bridgehead atoms. The number of carbonyl (C=O) groups is 4. The lowest BCUT2D eigenvalue weighted by Crippen LogP contribution is -2.49. The van der Waals surface area contributed by atoms with Gasteiger partial charge in [0.05, 0.1) is 23.8 Å². The monoisotopic (exact) mass is 544 g/mol. The molecule has 1 atom stereocenters. The van der Waals surface area contributed by atoms with Crippen LogP contribution >= 0.6 is 0 Å². The van der Waals surface area contributed by atoms with Gasteiger partial charge in [0.15, 0.2) is 0 Å². The Bertz CT molecular complexity index is 1340. The van der Waals surface area contributed by atoms with E-state index in [0.717, 1.165) is 0 Å². The van der Waals surface area contributed by atoms with E-state index in [1.807, 2.05) is 18.2 Å². The number of benzene rings is 2. The Labute approximate surface area is 232 Å². The van der Waals surface area contributed by atoms with Gasteiger partial charge < -0.3 is 30.9 Å². The Morgan fingerprint density at radius 3 is 2.35 bits per heavy atom. The zero-order valence-corrected chi connectivity index (χ0v) is 22.2. The van der Waals surface area contributed by atoms with Crippen molar-refractivity contribution < 1.29 is 24.3 Å². The van der Waals surface area contributed by atoms with Crippen molar-refractivity contribution >= 4 is 35.2 Å². The van der Waals surface area contributed by atoms with Gasteiger partial charge in [-0.25, -0.2) is 4.79 Å². The smallest absolute Gasteiger partial charge is 0.319 e. The third-order valence-corrected chi connectivity index (χ3v) is 6.54. The highest BCUT2D eigenvalue weighted by molar-refractivity contribution is 6.00. The van der Waals surface area contributed by atoms with Gasteiger partial charge in [0.2, 0.25) is 0 Å². The number of anilines is 2. The Balaban J connectivity index is 1.52. The van der Waals surface area contributed by atoms with Crippen molar-refractivity contribution in [1.29, 1.82) is 0 Å². The van der Waals surface area contributed by atoms with E-state index >= 15 is 0 Å². The molecule has 1 unspecified atom stereocenters. The number of amides is 4. The Kier molecular flexibility index (Phi) is 9.29. The van der Waals surface area contributed by atoms with Crippen molar-refractivity contribution in [2.75, 3.05) is 42.9 Å². The van der Waals surface area contributed by atoms with Crippen LogP contribution in [0.1, 0.15) is 45.7 Å². The molecule has 1 saturated heterocycles. The van der Waals surface area contributed by atoms with E-state index in [0.29, 0.717) is 55.2 Å². The van der Waals surface area contributed by atoms with Crippen molar-refractivity contribution in [3.8, 4) is 0 Å². The zero-order valence-electron chi connectivity index (χ0n) is 22.2. The summed E-state index contributed by atoms with van der Waals surface area (Å²) in [4.78, 5) is 57.8. The molecule has 4 N–H and O–H groups in total. The number of hydrogen-bond donors (Lipinski definition) is 4. The summed E-state index contributed by atoms with van der Waals surface area (Å²) in [5.74, 6) is -1.58. The predicted molar refractivity (Wildman–Crippen MR) is 150 cm³/mol. The fraction of sp³-hybridized carbons (Fsp3) is 0.276. The lowest BCUT2D eigenvalue weighted by atomic mass is 10.0. The first kappa shape index (κ1) is 28.1. The van der Waals surface area contributed by atoms with Crippen molar-refractivity contribution in [2.24, 2.45) is 0 Å². The maximum atomic E-state index is 13.2. The van der Waals surface area contributed by atoms with E-state index in [1.54, 1.807) is 60.5 Å². The van der Waals surface area contributed by atoms with Gasteiger partial charge in [-0.1, -0.05) is 24.3 Å². The summed E-state index contributed by atoms with van der Waals surface area (Å²) in [6.07, 6.45) is 2.77. The topological polar surface area (TPSA) is 144 Å². The van der Waals surface area contributed by atoms with Crippen LogP contribution in [0.25, 0.3) is 0 Å². The number of carboxylic acid groups (broad SMARTS) is 1. The van der Waals surface area contributed by atoms with E-state index < -0.39 is 23.9 Å². The zero-order chi connectivity index (χ0) is 28.5. The average Bonchev–Trinajstić information content (AvgIpc) is 2.97. The van der Waals surface area contributed by atoms with Crippen molar-refractivity contribution in [2.45, 2.75) is 19.4 Å². The third-order valence-electron chi connectivity index (χ3n) is 6.54. The molecular formula is C29H32N6O5. The molecule has 208 valence electrons. The molecule has 0 radical (unpaired) electrons. The van der Waals surface area contributed by atoms with E-state index in [2.05, 4.69) is 25.8 Å². The maximum absolute atomic E-state index is 13.2. The number of urea groups is 1. The minimum atomic E-state index is -1.06. The molecule has 3 aromatic rings. The van der Waals surface area contributed by atoms with Crippen molar-refractivity contribution in [1.82, 2.24) is 20.5 Å². The quantitative estimate of drug-likeness (QED) is 0.324. The predicted octanol–water partition coefficient (Wildman–Crippen LogP) is 3.13. The lowest BCUT2D eigenvalue weighted by Gasteiger charge is -2.37. The van der Waals surface area contributed by atoms with Crippen LogP contribution in [0.5, 0.6) is 0 Å². The van der Waals surface area contributed by atoms with Crippen molar-refractivity contribution in [3.63, 3.8) is 0 Å². The molecule has 0 aliphatic carbocycles. The van der Waals surface area contributed by atoms with E-state index in [4.69, 9.17) is 0 Å². The highest BCUT2D eigenvalue weighted by Gasteiger charge is 2.25. The number of nitrogens with zero attached hydrogens (tertiary/aromatic N) is 3. The van der Waals surface area contributed by atoms with Crippen LogP contribution in [0, 0.1) is 0 Å². The Morgan fingerprint density at radius 2 is 1.70 bits per heavy atom. The highest BCUT2D eigenvalue weighted by atomic mass is 16.4. The number of pyridine rings is 1. The summed E-state index contributed by atoms with van der Waals surface area (Å²) < 4.78 is 0. The number of carboxylic acids is 1. The van der Waals surface area contributed by atoms with Crippen molar-refractivity contribution in [3.05, 3.63) is 89.7 Å². The summed E-state index contributed by atoms with van der Waals surface area (Å²) >= 11 is 0. The number of rotatable bonds is 9. The molecule has 1 aliphatic rings. The fourth-order valence-electron chi connectivity index (χ4n) is 4.54. The minimum absolute atomic E-state index is 0.0301. The van der Waals surface area contributed by atoms with Crippen LogP contribution in [0.2, 0.25) is 0 Å². The second-order valence-electron chi connectivity index (χ2n) is 9.27. The summed E-state index contributed by atoms with van der Waals surface area (Å²) in [5.41, 5.74) is 2.60. The van der Waals surface area contributed by atoms with Crippen LogP contribution in [-0.4, -0.2) is 71.5 Å². The summed E-state index contributed by atoms with van der Waals surface area (Å²) in [6, 6.07) is 16.3. The molecule has 1 aromatic heterocycles. The Morgan fingerprint density at radius 1 is 0.950 bits per heavy atom. The van der Waals surface area contributed by atoms with E-state index in [9.17, 15) is 24.3 Å². The standard InChI is InChI=1S/C29H32N6O5/c1-2-31-29(40)33-24-17-21(27(38)32-23(18-26(36)37)22-9-6-12-30-19-22)10-11-25(24)34-13-15-35(16-14-34)28(39)20-7-4-3-5-8-20/h3-12,17,19,23H,2,13-16,18H2,1H3,(H,32,38)(H,36,37)(H2,31,33,40). The molecule has 4 amide bonds. The number of aromatic nitrogens is 1. The van der Waals surface area contributed by atoms with E-state index in [-0.39, 0.29) is 17.9 Å². The molecule has 0 saturated carbocycles. The van der Waals surface area contributed by atoms with Crippen LogP contribution < -0.4 is 20.9 Å².